The van der Waals surface area contributed by atoms with Crippen LogP contribution in [0.2, 0.25) is 0 Å². The fourth-order valence-electron chi connectivity index (χ4n) is 1.62. The number of carbonyl (C=O) groups excluding carboxylic acids is 1. The van der Waals surface area contributed by atoms with Crippen LogP contribution in [0, 0.1) is 0 Å². The van der Waals surface area contributed by atoms with Gasteiger partial charge in [-0.15, -0.1) is 0 Å². The smallest absolute Gasteiger partial charge is 0.323 e. The molecule has 120 valence electrons. The van der Waals surface area contributed by atoms with Gasteiger partial charge in [-0.3, -0.25) is 4.79 Å². The van der Waals surface area contributed by atoms with Gasteiger partial charge in [-0.2, -0.15) is 0 Å². The highest BCUT2D eigenvalue weighted by Gasteiger charge is 2.17. The molecule has 20 heavy (non-hydrogen) atoms. The number of hydrogen-bond acceptors (Lipinski definition) is 6. The number of hydrogen-bond donors (Lipinski definition) is 1. The van der Waals surface area contributed by atoms with Crippen molar-refractivity contribution < 1.29 is 23.7 Å². The summed E-state index contributed by atoms with van der Waals surface area (Å²) < 4.78 is 20.7. The molecule has 6 heteroatoms. The summed E-state index contributed by atoms with van der Waals surface area (Å²) in [6.45, 7) is 7.90. The SMILES string of the molecule is CCNC(CCOCCOCCCOC)C(=O)OCC. The van der Waals surface area contributed by atoms with Gasteiger partial charge < -0.3 is 24.3 Å². The third kappa shape index (κ3) is 11.2. The highest BCUT2D eigenvalue weighted by Crippen LogP contribution is 1.97. The average molecular weight is 291 g/mol. The first kappa shape index (κ1) is 19.3. The van der Waals surface area contributed by atoms with Gasteiger partial charge in [0.25, 0.3) is 0 Å². The van der Waals surface area contributed by atoms with E-state index in [0.29, 0.717) is 46.1 Å². The maximum absolute atomic E-state index is 11.6. The number of methoxy groups -OCH3 is 1. The van der Waals surface area contributed by atoms with Gasteiger partial charge in [0.05, 0.1) is 19.8 Å². The number of rotatable bonds is 14. The first-order chi connectivity index (χ1) is 9.76. The van der Waals surface area contributed by atoms with Gasteiger partial charge in [0.1, 0.15) is 6.04 Å². The zero-order valence-corrected chi connectivity index (χ0v) is 13.0. The fourth-order valence-corrected chi connectivity index (χ4v) is 1.62. The van der Waals surface area contributed by atoms with Crippen molar-refractivity contribution in [1.29, 1.82) is 0 Å². The van der Waals surface area contributed by atoms with Crippen LogP contribution in [0.5, 0.6) is 0 Å². The van der Waals surface area contributed by atoms with Crippen LogP contribution < -0.4 is 5.32 Å². The molecule has 0 aliphatic rings. The summed E-state index contributed by atoms with van der Waals surface area (Å²) in [5.41, 5.74) is 0. The van der Waals surface area contributed by atoms with E-state index in [0.717, 1.165) is 13.0 Å². The van der Waals surface area contributed by atoms with Crippen molar-refractivity contribution in [3.8, 4) is 0 Å². The number of esters is 1. The van der Waals surface area contributed by atoms with E-state index < -0.39 is 0 Å². The quantitative estimate of drug-likeness (QED) is 0.380. The molecular formula is C14H29NO5. The molecule has 0 rings (SSSR count). The van der Waals surface area contributed by atoms with E-state index in [-0.39, 0.29) is 12.0 Å². The summed E-state index contributed by atoms with van der Waals surface area (Å²) >= 11 is 0. The highest BCUT2D eigenvalue weighted by molar-refractivity contribution is 5.75. The third-order valence-corrected chi connectivity index (χ3v) is 2.58. The van der Waals surface area contributed by atoms with Crippen molar-refractivity contribution in [2.75, 3.05) is 53.3 Å². The molecule has 0 bridgehead atoms. The monoisotopic (exact) mass is 291 g/mol. The second kappa shape index (κ2) is 14.7. The van der Waals surface area contributed by atoms with Crippen molar-refractivity contribution in [1.82, 2.24) is 5.32 Å². The fraction of sp³-hybridized carbons (Fsp3) is 0.929. The summed E-state index contributed by atoms with van der Waals surface area (Å²) in [5.74, 6) is -0.214. The van der Waals surface area contributed by atoms with Crippen molar-refractivity contribution in [2.24, 2.45) is 0 Å². The Labute approximate surface area is 122 Å². The van der Waals surface area contributed by atoms with E-state index in [1.54, 1.807) is 14.0 Å². The second-order valence-electron chi connectivity index (χ2n) is 4.22. The predicted molar refractivity (Wildman–Crippen MR) is 76.8 cm³/mol. The van der Waals surface area contributed by atoms with Crippen molar-refractivity contribution in [3.63, 3.8) is 0 Å². The van der Waals surface area contributed by atoms with Crippen LogP contribution in [0.1, 0.15) is 26.7 Å². The molecule has 0 heterocycles. The highest BCUT2D eigenvalue weighted by atomic mass is 16.5. The van der Waals surface area contributed by atoms with Gasteiger partial charge in [-0.05, 0) is 26.3 Å². The molecule has 6 nitrogen and oxygen atoms in total. The Morgan fingerprint density at radius 2 is 1.75 bits per heavy atom. The molecule has 0 fully saturated rings. The molecule has 0 aromatic rings. The second-order valence-corrected chi connectivity index (χ2v) is 4.22. The number of likely N-dealkylation sites (N-methyl/N-ethyl adjacent to an activating group) is 1. The van der Waals surface area contributed by atoms with Crippen LogP contribution in [-0.4, -0.2) is 65.3 Å². The summed E-state index contributed by atoms with van der Waals surface area (Å²) in [6.07, 6.45) is 1.50. The lowest BCUT2D eigenvalue weighted by Crippen LogP contribution is -2.39. The van der Waals surface area contributed by atoms with E-state index >= 15 is 0 Å². The Morgan fingerprint density at radius 1 is 1.05 bits per heavy atom. The summed E-state index contributed by atoms with van der Waals surface area (Å²) in [5, 5.41) is 3.09. The number of carbonyl (C=O) groups is 1. The Kier molecular flexibility index (Phi) is 14.2. The first-order valence-corrected chi connectivity index (χ1v) is 7.30. The van der Waals surface area contributed by atoms with Gasteiger partial charge in [-0.1, -0.05) is 6.92 Å². The van der Waals surface area contributed by atoms with E-state index in [2.05, 4.69) is 5.32 Å². The van der Waals surface area contributed by atoms with Gasteiger partial charge in [-0.25, -0.2) is 0 Å². The molecule has 0 spiro atoms. The van der Waals surface area contributed by atoms with E-state index in [1.807, 2.05) is 6.92 Å². The maximum atomic E-state index is 11.6. The molecule has 1 unspecified atom stereocenters. The molecule has 0 radical (unpaired) electrons. The molecule has 0 saturated heterocycles. The maximum Gasteiger partial charge on any atom is 0.323 e. The minimum absolute atomic E-state index is 0.214. The lowest BCUT2D eigenvalue weighted by Gasteiger charge is -2.16. The summed E-state index contributed by atoms with van der Waals surface area (Å²) in [4.78, 5) is 11.6. The standard InChI is InChI=1S/C14H29NO5/c1-4-15-13(14(16)20-5-2)7-10-19-12-11-18-9-6-8-17-3/h13,15H,4-12H2,1-3H3. The van der Waals surface area contributed by atoms with Crippen molar-refractivity contribution in [2.45, 2.75) is 32.7 Å². The predicted octanol–water partition coefficient (Wildman–Crippen LogP) is 0.987. The van der Waals surface area contributed by atoms with Crippen LogP contribution in [0.15, 0.2) is 0 Å². The van der Waals surface area contributed by atoms with Crippen molar-refractivity contribution in [3.05, 3.63) is 0 Å². The third-order valence-electron chi connectivity index (χ3n) is 2.58. The van der Waals surface area contributed by atoms with Crippen LogP contribution in [0.3, 0.4) is 0 Å². The Hall–Kier alpha value is -0.690. The van der Waals surface area contributed by atoms with E-state index in [4.69, 9.17) is 18.9 Å². The summed E-state index contributed by atoms with van der Waals surface area (Å²) in [7, 11) is 1.67. The zero-order valence-electron chi connectivity index (χ0n) is 13.0. The van der Waals surface area contributed by atoms with Gasteiger partial charge >= 0.3 is 5.97 Å². The minimum atomic E-state index is -0.289. The Balaban J connectivity index is 3.51. The lowest BCUT2D eigenvalue weighted by molar-refractivity contribution is -0.146. The van der Waals surface area contributed by atoms with Gasteiger partial charge in [0, 0.05) is 26.9 Å². The van der Waals surface area contributed by atoms with E-state index in [1.165, 1.54) is 0 Å². The number of ether oxygens (including phenoxy) is 4. The Bertz CT molecular complexity index is 226. The first-order valence-electron chi connectivity index (χ1n) is 7.30. The van der Waals surface area contributed by atoms with Crippen LogP contribution in [-0.2, 0) is 23.7 Å². The van der Waals surface area contributed by atoms with Gasteiger partial charge in [0.2, 0.25) is 0 Å². The molecule has 0 aromatic heterocycles. The number of nitrogens with one attached hydrogen (secondary N) is 1. The van der Waals surface area contributed by atoms with Crippen molar-refractivity contribution >= 4 is 5.97 Å². The molecular weight excluding hydrogens is 262 g/mol. The van der Waals surface area contributed by atoms with Crippen LogP contribution >= 0.6 is 0 Å². The molecule has 0 aromatic carbocycles. The minimum Gasteiger partial charge on any atom is -0.465 e. The van der Waals surface area contributed by atoms with E-state index in [9.17, 15) is 4.79 Å². The topological polar surface area (TPSA) is 66.0 Å². The molecule has 1 atom stereocenters. The summed E-state index contributed by atoms with van der Waals surface area (Å²) in [6, 6.07) is -0.289. The molecule has 0 amide bonds. The van der Waals surface area contributed by atoms with Crippen LogP contribution in [0.25, 0.3) is 0 Å². The Morgan fingerprint density at radius 3 is 2.35 bits per heavy atom. The average Bonchev–Trinajstić information content (AvgIpc) is 2.44. The largest absolute Gasteiger partial charge is 0.465 e. The molecule has 0 aliphatic carbocycles. The van der Waals surface area contributed by atoms with Gasteiger partial charge in [0.15, 0.2) is 0 Å². The normalized spacial score (nSPS) is 12.3. The lowest BCUT2D eigenvalue weighted by atomic mass is 10.2. The molecule has 1 N–H and O–H groups in total. The molecule has 0 aliphatic heterocycles. The zero-order chi connectivity index (χ0) is 15.1. The molecule has 0 saturated carbocycles. The van der Waals surface area contributed by atoms with Crippen LogP contribution in [0.4, 0.5) is 0 Å².